The molecular formula is C17H16O4. The molecule has 1 heterocycles. The smallest absolute Gasteiger partial charge is 0.312 e. The average Bonchev–Trinajstić information content (AvgIpc) is 2.53. The Balaban J connectivity index is 2.09. The minimum atomic E-state index is -0.225. The number of esters is 1. The molecule has 0 fully saturated rings. The van der Waals surface area contributed by atoms with Gasteiger partial charge in [-0.25, -0.2) is 0 Å². The van der Waals surface area contributed by atoms with E-state index in [1.165, 1.54) is 0 Å². The van der Waals surface area contributed by atoms with Gasteiger partial charge in [0.1, 0.15) is 17.2 Å². The summed E-state index contributed by atoms with van der Waals surface area (Å²) in [6, 6.07) is 13.2. The first-order valence-electron chi connectivity index (χ1n) is 6.74. The minimum absolute atomic E-state index is 0.0664. The second-order valence-electron chi connectivity index (χ2n) is 4.88. The fraction of sp³-hybridized carbons (Fsp3) is 0.235. The molecule has 2 aromatic rings. The molecule has 1 aliphatic heterocycles. The summed E-state index contributed by atoms with van der Waals surface area (Å²) in [6.07, 6.45) is 0.305. The summed E-state index contributed by atoms with van der Waals surface area (Å²) in [5.74, 6) is 1.81. The van der Waals surface area contributed by atoms with Gasteiger partial charge in [-0.1, -0.05) is 18.2 Å². The summed E-state index contributed by atoms with van der Waals surface area (Å²) in [7, 11) is 3.25. The first-order chi connectivity index (χ1) is 10.2. The predicted molar refractivity (Wildman–Crippen MR) is 78.1 cm³/mol. The normalized spacial score (nSPS) is 16.9. The van der Waals surface area contributed by atoms with Crippen molar-refractivity contribution in [1.82, 2.24) is 0 Å². The maximum atomic E-state index is 11.8. The summed E-state index contributed by atoms with van der Waals surface area (Å²) in [6.45, 7) is 0. The van der Waals surface area contributed by atoms with Gasteiger partial charge >= 0.3 is 5.97 Å². The fourth-order valence-electron chi connectivity index (χ4n) is 2.69. The van der Waals surface area contributed by atoms with Crippen LogP contribution in [-0.2, 0) is 4.79 Å². The number of hydrogen-bond acceptors (Lipinski definition) is 4. The Hall–Kier alpha value is -2.49. The summed E-state index contributed by atoms with van der Waals surface area (Å²) in [5, 5.41) is 0. The van der Waals surface area contributed by atoms with Crippen LogP contribution in [0, 0.1) is 0 Å². The summed E-state index contributed by atoms with van der Waals surface area (Å²) in [5.41, 5.74) is 1.96. The number of carbonyl (C=O) groups is 1. The average molecular weight is 284 g/mol. The first-order valence-corrected chi connectivity index (χ1v) is 6.74. The number of fused-ring (bicyclic) bond motifs is 1. The summed E-state index contributed by atoms with van der Waals surface area (Å²) in [4.78, 5) is 11.8. The van der Waals surface area contributed by atoms with Gasteiger partial charge in [0.15, 0.2) is 0 Å². The van der Waals surface area contributed by atoms with Crippen molar-refractivity contribution in [3.63, 3.8) is 0 Å². The Kier molecular flexibility index (Phi) is 3.52. The van der Waals surface area contributed by atoms with E-state index in [4.69, 9.17) is 14.2 Å². The first kappa shape index (κ1) is 13.5. The predicted octanol–water partition coefficient (Wildman–Crippen LogP) is 3.14. The standard InChI is InChI=1S/C17H16O4/c1-19-12-8-6-11(7-9-12)13-10-16(18)21-15-5-3-4-14(20-2)17(13)15/h3-9,13H,10H2,1-2H3/t13-/m0/s1. The SMILES string of the molecule is COc1ccc([C@@H]2CC(=O)Oc3cccc(OC)c32)cc1. The molecule has 0 aromatic heterocycles. The quantitative estimate of drug-likeness (QED) is 0.641. The second kappa shape index (κ2) is 5.48. The molecular weight excluding hydrogens is 268 g/mol. The molecule has 4 nitrogen and oxygen atoms in total. The van der Waals surface area contributed by atoms with E-state index in [0.717, 1.165) is 22.6 Å². The molecule has 3 rings (SSSR count). The van der Waals surface area contributed by atoms with Gasteiger partial charge in [0.05, 0.1) is 20.6 Å². The van der Waals surface area contributed by atoms with Crippen LogP contribution in [0.25, 0.3) is 0 Å². The molecule has 1 atom stereocenters. The van der Waals surface area contributed by atoms with E-state index in [1.54, 1.807) is 20.3 Å². The Morgan fingerprint density at radius 3 is 2.48 bits per heavy atom. The van der Waals surface area contributed by atoms with Gasteiger partial charge in [-0.3, -0.25) is 4.79 Å². The largest absolute Gasteiger partial charge is 0.497 e. The van der Waals surface area contributed by atoms with Gasteiger partial charge < -0.3 is 14.2 Å². The topological polar surface area (TPSA) is 44.8 Å². The third kappa shape index (κ3) is 2.44. The number of hydrogen-bond donors (Lipinski definition) is 0. The molecule has 0 bridgehead atoms. The molecule has 21 heavy (non-hydrogen) atoms. The Bertz CT molecular complexity index is 661. The highest BCUT2D eigenvalue weighted by atomic mass is 16.5. The van der Waals surface area contributed by atoms with Crippen molar-refractivity contribution in [2.45, 2.75) is 12.3 Å². The van der Waals surface area contributed by atoms with E-state index in [2.05, 4.69) is 0 Å². The number of methoxy groups -OCH3 is 2. The zero-order valence-electron chi connectivity index (χ0n) is 12.0. The number of carbonyl (C=O) groups excluding carboxylic acids is 1. The van der Waals surface area contributed by atoms with Crippen molar-refractivity contribution in [3.8, 4) is 17.2 Å². The molecule has 0 spiro atoms. The Morgan fingerprint density at radius 1 is 1.05 bits per heavy atom. The van der Waals surface area contributed by atoms with E-state index < -0.39 is 0 Å². The second-order valence-corrected chi connectivity index (χ2v) is 4.88. The van der Waals surface area contributed by atoms with Gasteiger partial charge in [0.25, 0.3) is 0 Å². The van der Waals surface area contributed by atoms with Gasteiger partial charge in [0, 0.05) is 11.5 Å². The number of ether oxygens (including phenoxy) is 3. The highest BCUT2D eigenvalue weighted by Gasteiger charge is 2.31. The van der Waals surface area contributed by atoms with Crippen molar-refractivity contribution in [2.24, 2.45) is 0 Å². The maximum Gasteiger partial charge on any atom is 0.312 e. The lowest BCUT2D eigenvalue weighted by atomic mass is 9.86. The van der Waals surface area contributed by atoms with Gasteiger partial charge in [-0.15, -0.1) is 0 Å². The Morgan fingerprint density at radius 2 is 1.81 bits per heavy atom. The van der Waals surface area contributed by atoms with Crippen LogP contribution in [0.2, 0.25) is 0 Å². The van der Waals surface area contributed by atoms with Crippen LogP contribution in [0.4, 0.5) is 0 Å². The summed E-state index contributed by atoms with van der Waals surface area (Å²) >= 11 is 0. The van der Waals surface area contributed by atoms with Gasteiger partial charge in [-0.05, 0) is 29.8 Å². The molecule has 0 saturated carbocycles. The lowest BCUT2D eigenvalue weighted by Gasteiger charge is -2.26. The zero-order chi connectivity index (χ0) is 14.8. The lowest BCUT2D eigenvalue weighted by molar-refractivity contribution is -0.135. The van der Waals surface area contributed by atoms with Crippen molar-refractivity contribution in [3.05, 3.63) is 53.6 Å². The van der Waals surface area contributed by atoms with E-state index in [0.29, 0.717) is 12.2 Å². The minimum Gasteiger partial charge on any atom is -0.497 e. The zero-order valence-corrected chi connectivity index (χ0v) is 12.0. The molecule has 2 aromatic carbocycles. The van der Waals surface area contributed by atoms with Crippen LogP contribution in [0.15, 0.2) is 42.5 Å². The lowest BCUT2D eigenvalue weighted by Crippen LogP contribution is -2.21. The van der Waals surface area contributed by atoms with Crippen LogP contribution in [-0.4, -0.2) is 20.2 Å². The van der Waals surface area contributed by atoms with Crippen LogP contribution >= 0.6 is 0 Å². The van der Waals surface area contributed by atoms with E-state index in [9.17, 15) is 4.79 Å². The number of rotatable bonds is 3. The van der Waals surface area contributed by atoms with Crippen LogP contribution in [0.5, 0.6) is 17.2 Å². The van der Waals surface area contributed by atoms with E-state index in [1.807, 2.05) is 36.4 Å². The molecule has 0 N–H and O–H groups in total. The highest BCUT2D eigenvalue weighted by Crippen LogP contribution is 2.44. The third-order valence-corrected chi connectivity index (χ3v) is 3.71. The third-order valence-electron chi connectivity index (χ3n) is 3.71. The number of benzene rings is 2. The molecule has 0 radical (unpaired) electrons. The molecule has 0 unspecified atom stereocenters. The van der Waals surface area contributed by atoms with Crippen molar-refractivity contribution >= 4 is 5.97 Å². The highest BCUT2D eigenvalue weighted by molar-refractivity contribution is 5.78. The monoisotopic (exact) mass is 284 g/mol. The van der Waals surface area contributed by atoms with Crippen molar-refractivity contribution < 1.29 is 19.0 Å². The van der Waals surface area contributed by atoms with E-state index in [-0.39, 0.29) is 11.9 Å². The molecule has 0 aliphatic carbocycles. The van der Waals surface area contributed by atoms with E-state index >= 15 is 0 Å². The fourth-order valence-corrected chi connectivity index (χ4v) is 2.69. The molecule has 4 heteroatoms. The molecule has 0 saturated heterocycles. The van der Waals surface area contributed by atoms with Gasteiger partial charge in [-0.2, -0.15) is 0 Å². The van der Waals surface area contributed by atoms with Crippen molar-refractivity contribution in [2.75, 3.05) is 14.2 Å². The van der Waals surface area contributed by atoms with Crippen LogP contribution in [0.1, 0.15) is 23.5 Å². The molecule has 108 valence electrons. The van der Waals surface area contributed by atoms with Gasteiger partial charge in [0.2, 0.25) is 0 Å². The van der Waals surface area contributed by atoms with Crippen molar-refractivity contribution in [1.29, 1.82) is 0 Å². The van der Waals surface area contributed by atoms with Crippen LogP contribution < -0.4 is 14.2 Å². The summed E-state index contributed by atoms with van der Waals surface area (Å²) < 4.78 is 15.9. The molecule has 0 amide bonds. The Labute approximate surface area is 123 Å². The molecule has 1 aliphatic rings. The van der Waals surface area contributed by atoms with Crippen LogP contribution in [0.3, 0.4) is 0 Å². The maximum absolute atomic E-state index is 11.8.